The Morgan fingerprint density at radius 2 is 1.97 bits per heavy atom. The van der Waals surface area contributed by atoms with Crippen LogP contribution < -0.4 is 24.4 Å². The van der Waals surface area contributed by atoms with Crippen molar-refractivity contribution in [1.29, 1.82) is 0 Å². The maximum Gasteiger partial charge on any atom is 0.338 e. The fourth-order valence-corrected chi connectivity index (χ4v) is 5.13. The molecule has 0 fully saturated rings. The van der Waals surface area contributed by atoms with Gasteiger partial charge in [0.05, 0.1) is 40.5 Å². The zero-order valence-corrected chi connectivity index (χ0v) is 21.7. The molecule has 0 aliphatic carbocycles. The molecule has 0 amide bonds. The number of hydrogen-bond acceptors (Lipinski definition) is 10. The highest BCUT2D eigenvalue weighted by Crippen LogP contribution is 2.36. The van der Waals surface area contributed by atoms with E-state index in [2.05, 4.69) is 4.99 Å². The SMILES string of the molecule is CCOC(=O)C1=C(C)N=c2s/c(=C/c3cccc([N+](=O)[O-])c3)c(=O)n2C1c1ccc(OC(C)=O)c(OC)c1. The van der Waals surface area contributed by atoms with Crippen LogP contribution in [0.15, 0.2) is 63.5 Å². The average molecular weight is 538 g/mol. The van der Waals surface area contributed by atoms with Gasteiger partial charge in [0.2, 0.25) is 0 Å². The fraction of sp³-hybridized carbons (Fsp3) is 0.231. The quantitative estimate of drug-likeness (QED) is 0.194. The molecule has 0 N–H and O–H groups in total. The molecule has 0 saturated heterocycles. The van der Waals surface area contributed by atoms with Crippen LogP contribution in [0.1, 0.15) is 37.9 Å². The van der Waals surface area contributed by atoms with Gasteiger partial charge in [-0.2, -0.15) is 0 Å². The van der Waals surface area contributed by atoms with Gasteiger partial charge < -0.3 is 14.2 Å². The van der Waals surface area contributed by atoms with E-state index in [9.17, 15) is 24.5 Å². The van der Waals surface area contributed by atoms with Gasteiger partial charge in [0.1, 0.15) is 0 Å². The first-order valence-electron chi connectivity index (χ1n) is 11.4. The number of carbonyl (C=O) groups excluding carboxylic acids is 2. The summed E-state index contributed by atoms with van der Waals surface area (Å²) < 4.78 is 17.5. The normalized spacial score (nSPS) is 14.9. The van der Waals surface area contributed by atoms with E-state index in [1.165, 1.54) is 42.9 Å². The zero-order chi connectivity index (χ0) is 27.6. The van der Waals surface area contributed by atoms with Crippen molar-refractivity contribution < 1.29 is 28.7 Å². The lowest BCUT2D eigenvalue weighted by atomic mass is 9.95. The predicted molar refractivity (Wildman–Crippen MR) is 138 cm³/mol. The van der Waals surface area contributed by atoms with E-state index >= 15 is 0 Å². The average Bonchev–Trinajstić information content (AvgIpc) is 3.17. The molecule has 2 heterocycles. The molecule has 2 aromatic carbocycles. The number of ether oxygens (including phenoxy) is 3. The third-order valence-corrected chi connectivity index (χ3v) is 6.64. The summed E-state index contributed by atoms with van der Waals surface area (Å²) >= 11 is 1.09. The fourth-order valence-electron chi connectivity index (χ4n) is 4.08. The van der Waals surface area contributed by atoms with Crippen LogP contribution in [-0.4, -0.2) is 35.1 Å². The van der Waals surface area contributed by atoms with E-state index in [-0.39, 0.29) is 33.9 Å². The third kappa shape index (κ3) is 5.11. The number of aromatic nitrogens is 1. The van der Waals surface area contributed by atoms with E-state index in [1.807, 2.05) is 0 Å². The van der Waals surface area contributed by atoms with Gasteiger partial charge in [0.15, 0.2) is 16.3 Å². The minimum atomic E-state index is -0.919. The van der Waals surface area contributed by atoms with Crippen molar-refractivity contribution in [3.63, 3.8) is 0 Å². The largest absolute Gasteiger partial charge is 0.493 e. The number of esters is 2. The van der Waals surface area contributed by atoms with Crippen LogP contribution in [0.2, 0.25) is 0 Å². The first-order chi connectivity index (χ1) is 18.1. The maximum absolute atomic E-state index is 13.7. The van der Waals surface area contributed by atoms with Crippen LogP contribution in [-0.2, 0) is 14.3 Å². The van der Waals surface area contributed by atoms with Crippen molar-refractivity contribution in [1.82, 2.24) is 4.57 Å². The van der Waals surface area contributed by atoms with E-state index in [4.69, 9.17) is 14.2 Å². The molecule has 12 heteroatoms. The smallest absolute Gasteiger partial charge is 0.338 e. The molecule has 0 bridgehead atoms. The number of carbonyl (C=O) groups is 2. The molecule has 1 aromatic heterocycles. The van der Waals surface area contributed by atoms with Gasteiger partial charge in [-0.3, -0.25) is 24.3 Å². The molecule has 0 saturated carbocycles. The minimum Gasteiger partial charge on any atom is -0.493 e. The number of benzene rings is 2. The molecule has 0 spiro atoms. The number of thiazole rings is 1. The van der Waals surface area contributed by atoms with Crippen molar-refractivity contribution in [2.45, 2.75) is 26.8 Å². The molecule has 38 heavy (non-hydrogen) atoms. The van der Waals surface area contributed by atoms with Gasteiger partial charge in [0.25, 0.3) is 11.2 Å². The van der Waals surface area contributed by atoms with Gasteiger partial charge >= 0.3 is 11.9 Å². The Balaban J connectivity index is 1.95. The summed E-state index contributed by atoms with van der Waals surface area (Å²) in [5.74, 6) is -0.752. The number of nitro benzene ring substituents is 1. The number of nitro groups is 1. The second kappa shape index (κ2) is 10.8. The third-order valence-electron chi connectivity index (χ3n) is 5.65. The molecule has 196 valence electrons. The van der Waals surface area contributed by atoms with Crippen molar-refractivity contribution in [3.8, 4) is 11.5 Å². The lowest BCUT2D eigenvalue weighted by Gasteiger charge is -2.25. The summed E-state index contributed by atoms with van der Waals surface area (Å²) in [6.07, 6.45) is 1.54. The topological polar surface area (TPSA) is 139 Å². The van der Waals surface area contributed by atoms with Gasteiger partial charge in [-0.1, -0.05) is 29.5 Å². The molecule has 1 aliphatic rings. The van der Waals surface area contributed by atoms with Crippen LogP contribution in [0, 0.1) is 10.1 Å². The van der Waals surface area contributed by atoms with Crippen LogP contribution >= 0.6 is 11.3 Å². The Bertz CT molecular complexity index is 1670. The van der Waals surface area contributed by atoms with Crippen molar-refractivity contribution >= 4 is 35.0 Å². The van der Waals surface area contributed by atoms with Crippen LogP contribution in [0.5, 0.6) is 11.5 Å². The number of hydrogen-bond donors (Lipinski definition) is 0. The molecule has 1 unspecified atom stereocenters. The Labute approximate surface area is 220 Å². The number of nitrogens with zero attached hydrogens (tertiary/aromatic N) is 3. The monoisotopic (exact) mass is 537 g/mol. The number of methoxy groups -OCH3 is 1. The number of non-ortho nitro benzene ring substituents is 1. The standard InChI is InChI=1S/C26H23N3O8S/c1-5-36-25(32)22-14(2)27-26-28(23(22)17-9-10-19(37-15(3)30)20(13-17)35-4)24(31)21(38-26)12-16-7-6-8-18(11-16)29(33)34/h6-13,23H,5H2,1-4H3/b21-12+. The summed E-state index contributed by atoms with van der Waals surface area (Å²) in [5, 5.41) is 11.2. The molecular weight excluding hydrogens is 514 g/mol. The highest BCUT2D eigenvalue weighted by atomic mass is 32.1. The second-order valence-corrected chi connectivity index (χ2v) is 9.17. The second-order valence-electron chi connectivity index (χ2n) is 8.16. The van der Waals surface area contributed by atoms with Gasteiger partial charge in [-0.25, -0.2) is 9.79 Å². The van der Waals surface area contributed by atoms with E-state index in [0.29, 0.717) is 21.6 Å². The summed E-state index contributed by atoms with van der Waals surface area (Å²) in [4.78, 5) is 53.8. The number of allylic oxidation sites excluding steroid dienone is 1. The Morgan fingerprint density at radius 3 is 2.63 bits per heavy atom. The lowest BCUT2D eigenvalue weighted by Crippen LogP contribution is -2.40. The van der Waals surface area contributed by atoms with Crippen molar-refractivity contribution in [3.05, 3.63) is 94.7 Å². The summed E-state index contributed by atoms with van der Waals surface area (Å²) in [6.45, 7) is 4.71. The van der Waals surface area contributed by atoms with E-state index < -0.39 is 28.5 Å². The van der Waals surface area contributed by atoms with Crippen molar-refractivity contribution in [2.24, 2.45) is 4.99 Å². The Hall–Kier alpha value is -4.58. The first-order valence-corrected chi connectivity index (χ1v) is 12.3. The summed E-state index contributed by atoms with van der Waals surface area (Å²) in [7, 11) is 1.41. The zero-order valence-electron chi connectivity index (χ0n) is 20.9. The molecule has 1 atom stereocenters. The first kappa shape index (κ1) is 26.5. The van der Waals surface area contributed by atoms with Gasteiger partial charge in [-0.05, 0) is 43.2 Å². The molecule has 11 nitrogen and oxygen atoms in total. The van der Waals surface area contributed by atoms with Gasteiger partial charge in [-0.15, -0.1) is 0 Å². The lowest BCUT2D eigenvalue weighted by molar-refractivity contribution is -0.384. The Kier molecular flexibility index (Phi) is 7.53. The Morgan fingerprint density at radius 1 is 1.21 bits per heavy atom. The minimum absolute atomic E-state index is 0.107. The maximum atomic E-state index is 13.7. The van der Waals surface area contributed by atoms with Gasteiger partial charge in [0, 0.05) is 19.1 Å². The highest BCUT2D eigenvalue weighted by molar-refractivity contribution is 7.07. The van der Waals surface area contributed by atoms with Crippen molar-refractivity contribution in [2.75, 3.05) is 13.7 Å². The number of fused-ring (bicyclic) bond motifs is 1. The number of rotatable bonds is 7. The van der Waals surface area contributed by atoms with Crippen LogP contribution in [0.3, 0.4) is 0 Å². The van der Waals surface area contributed by atoms with E-state index in [1.54, 1.807) is 38.1 Å². The predicted octanol–water partition coefficient (Wildman–Crippen LogP) is 2.64. The van der Waals surface area contributed by atoms with E-state index in [0.717, 1.165) is 11.3 Å². The molecule has 3 aromatic rings. The molecule has 1 aliphatic heterocycles. The van der Waals surface area contributed by atoms with Crippen LogP contribution in [0.25, 0.3) is 6.08 Å². The molecule has 0 radical (unpaired) electrons. The molecular formula is C26H23N3O8S. The molecule has 4 rings (SSSR count). The highest BCUT2D eigenvalue weighted by Gasteiger charge is 2.34. The van der Waals surface area contributed by atoms with Crippen LogP contribution in [0.4, 0.5) is 5.69 Å². The summed E-state index contributed by atoms with van der Waals surface area (Å²) in [5.41, 5.74) is 0.961. The summed E-state index contributed by atoms with van der Waals surface area (Å²) in [6, 6.07) is 9.72.